The molecule has 0 spiro atoms. The van der Waals surface area contributed by atoms with Crippen LogP contribution in [-0.4, -0.2) is 35.3 Å². The Morgan fingerprint density at radius 1 is 1.58 bits per heavy atom. The summed E-state index contributed by atoms with van der Waals surface area (Å²) in [7, 11) is 0. The van der Waals surface area contributed by atoms with Crippen molar-refractivity contribution in [3.8, 4) is 6.07 Å². The monoisotopic (exact) mass is 261 g/mol. The Balaban J connectivity index is 2.29. The zero-order valence-electron chi connectivity index (χ0n) is 10.8. The average molecular weight is 261 g/mol. The Bertz CT molecular complexity index is 551. The normalized spacial score (nSPS) is 21.9. The standard InChI is InChI=1S/C13H15N3O3/c1-7-3-8(2)15-12(9(7)4-14)16-11-6-19-5-10(11)13(17)18/h3,10-11H,5-6H2,1-2H3,(H,15,16)(H,17,18). The number of nitrogens with one attached hydrogen (secondary N) is 1. The van der Waals surface area contributed by atoms with Crippen LogP contribution < -0.4 is 5.32 Å². The number of carbonyl (C=O) groups is 1. The quantitative estimate of drug-likeness (QED) is 0.845. The summed E-state index contributed by atoms with van der Waals surface area (Å²) in [5, 5.41) is 21.3. The van der Waals surface area contributed by atoms with Gasteiger partial charge in [-0.1, -0.05) is 0 Å². The van der Waals surface area contributed by atoms with E-state index in [4.69, 9.17) is 15.1 Å². The number of carboxylic acid groups (broad SMARTS) is 1. The van der Waals surface area contributed by atoms with Crippen molar-refractivity contribution in [3.63, 3.8) is 0 Å². The van der Waals surface area contributed by atoms with E-state index in [2.05, 4.69) is 16.4 Å². The Hall–Kier alpha value is -2.13. The van der Waals surface area contributed by atoms with E-state index in [0.29, 0.717) is 18.0 Å². The molecule has 2 atom stereocenters. The topological polar surface area (TPSA) is 95.2 Å². The van der Waals surface area contributed by atoms with Gasteiger partial charge in [0.1, 0.15) is 17.8 Å². The van der Waals surface area contributed by atoms with Crippen LogP contribution in [-0.2, 0) is 9.53 Å². The maximum absolute atomic E-state index is 11.1. The van der Waals surface area contributed by atoms with Gasteiger partial charge in [-0.05, 0) is 25.5 Å². The van der Waals surface area contributed by atoms with E-state index in [9.17, 15) is 4.79 Å². The molecule has 0 aliphatic carbocycles. The van der Waals surface area contributed by atoms with E-state index in [0.717, 1.165) is 11.3 Å². The fourth-order valence-corrected chi connectivity index (χ4v) is 2.20. The van der Waals surface area contributed by atoms with Crippen molar-refractivity contribution < 1.29 is 14.6 Å². The van der Waals surface area contributed by atoms with Crippen molar-refractivity contribution in [1.82, 2.24) is 4.98 Å². The van der Waals surface area contributed by atoms with Gasteiger partial charge in [0.15, 0.2) is 0 Å². The lowest BCUT2D eigenvalue weighted by molar-refractivity contribution is -0.141. The molecule has 2 rings (SSSR count). The van der Waals surface area contributed by atoms with Crippen molar-refractivity contribution >= 4 is 11.8 Å². The van der Waals surface area contributed by atoms with Gasteiger partial charge in [0, 0.05) is 5.69 Å². The van der Waals surface area contributed by atoms with Crippen LogP contribution in [0.25, 0.3) is 0 Å². The fraction of sp³-hybridized carbons (Fsp3) is 0.462. The smallest absolute Gasteiger partial charge is 0.311 e. The van der Waals surface area contributed by atoms with E-state index in [-0.39, 0.29) is 12.6 Å². The van der Waals surface area contributed by atoms with E-state index in [1.807, 2.05) is 19.9 Å². The van der Waals surface area contributed by atoms with Gasteiger partial charge in [0.05, 0.1) is 24.8 Å². The van der Waals surface area contributed by atoms with E-state index in [1.54, 1.807) is 0 Å². The number of rotatable bonds is 3. The summed E-state index contributed by atoms with van der Waals surface area (Å²) in [5.41, 5.74) is 2.05. The number of aryl methyl sites for hydroxylation is 2. The minimum absolute atomic E-state index is 0.180. The zero-order chi connectivity index (χ0) is 14.0. The first kappa shape index (κ1) is 13.3. The van der Waals surface area contributed by atoms with Crippen molar-refractivity contribution in [2.75, 3.05) is 18.5 Å². The number of aliphatic carboxylic acids is 1. The highest BCUT2D eigenvalue weighted by Gasteiger charge is 2.34. The van der Waals surface area contributed by atoms with Gasteiger partial charge >= 0.3 is 5.97 Å². The number of hydrogen-bond donors (Lipinski definition) is 2. The Morgan fingerprint density at radius 2 is 2.32 bits per heavy atom. The molecule has 1 aliphatic heterocycles. The van der Waals surface area contributed by atoms with Gasteiger partial charge in [-0.3, -0.25) is 4.79 Å². The Morgan fingerprint density at radius 3 is 2.95 bits per heavy atom. The summed E-state index contributed by atoms with van der Waals surface area (Å²) in [6, 6.07) is 3.56. The molecule has 1 fully saturated rings. The molecule has 1 aliphatic rings. The molecule has 2 heterocycles. The predicted molar refractivity (Wildman–Crippen MR) is 67.8 cm³/mol. The van der Waals surface area contributed by atoms with Crippen molar-refractivity contribution in [3.05, 3.63) is 22.9 Å². The molecular formula is C13H15N3O3. The van der Waals surface area contributed by atoms with E-state index >= 15 is 0 Å². The molecule has 0 aromatic carbocycles. The average Bonchev–Trinajstić information content (AvgIpc) is 2.76. The first-order valence-electron chi connectivity index (χ1n) is 5.98. The largest absolute Gasteiger partial charge is 0.481 e. The highest BCUT2D eigenvalue weighted by atomic mass is 16.5. The van der Waals surface area contributed by atoms with Crippen molar-refractivity contribution in [1.29, 1.82) is 5.26 Å². The van der Waals surface area contributed by atoms with Crippen molar-refractivity contribution in [2.45, 2.75) is 19.9 Å². The van der Waals surface area contributed by atoms with Gasteiger partial charge in [-0.2, -0.15) is 5.26 Å². The number of anilines is 1. The van der Waals surface area contributed by atoms with Crippen LogP contribution in [0.4, 0.5) is 5.82 Å². The fourth-order valence-electron chi connectivity index (χ4n) is 2.20. The molecule has 2 N–H and O–H groups in total. The van der Waals surface area contributed by atoms with Crippen LogP contribution in [0.3, 0.4) is 0 Å². The maximum atomic E-state index is 11.1. The number of nitriles is 1. The highest BCUT2D eigenvalue weighted by molar-refractivity contribution is 5.72. The molecule has 6 nitrogen and oxygen atoms in total. The summed E-state index contributed by atoms with van der Waals surface area (Å²) in [6.45, 7) is 4.15. The van der Waals surface area contributed by atoms with Crippen LogP contribution in [0, 0.1) is 31.1 Å². The first-order chi connectivity index (χ1) is 9.02. The molecule has 2 unspecified atom stereocenters. The maximum Gasteiger partial charge on any atom is 0.311 e. The summed E-state index contributed by atoms with van der Waals surface area (Å²) in [6.07, 6.45) is 0. The molecule has 0 radical (unpaired) electrons. The zero-order valence-corrected chi connectivity index (χ0v) is 10.8. The highest BCUT2D eigenvalue weighted by Crippen LogP contribution is 2.23. The van der Waals surface area contributed by atoms with Gasteiger partial charge in [-0.25, -0.2) is 4.98 Å². The number of carboxylic acids is 1. The number of hydrogen-bond acceptors (Lipinski definition) is 5. The lowest BCUT2D eigenvalue weighted by Crippen LogP contribution is -2.33. The predicted octanol–water partition coefficient (Wildman–Crippen LogP) is 1.08. The molecule has 6 heteroatoms. The minimum atomic E-state index is -0.905. The lowest BCUT2D eigenvalue weighted by Gasteiger charge is -2.18. The van der Waals surface area contributed by atoms with E-state index in [1.165, 1.54) is 0 Å². The number of aromatic nitrogens is 1. The lowest BCUT2D eigenvalue weighted by atomic mass is 10.0. The number of nitrogens with zero attached hydrogens (tertiary/aromatic N) is 2. The first-order valence-corrected chi connectivity index (χ1v) is 5.98. The third-order valence-electron chi connectivity index (χ3n) is 3.18. The van der Waals surface area contributed by atoms with Crippen LogP contribution in [0.2, 0.25) is 0 Å². The molecule has 1 saturated heterocycles. The number of ether oxygens (including phenoxy) is 1. The summed E-state index contributed by atoms with van der Waals surface area (Å²) >= 11 is 0. The van der Waals surface area contributed by atoms with Gasteiger partial charge in [0.2, 0.25) is 0 Å². The van der Waals surface area contributed by atoms with Crippen LogP contribution in [0.15, 0.2) is 6.07 Å². The third-order valence-corrected chi connectivity index (χ3v) is 3.18. The molecule has 0 saturated carbocycles. The van der Waals surface area contributed by atoms with Crippen LogP contribution in [0.1, 0.15) is 16.8 Å². The molecule has 1 aromatic rings. The second-order valence-electron chi connectivity index (χ2n) is 4.65. The summed E-state index contributed by atoms with van der Waals surface area (Å²) < 4.78 is 5.18. The Kier molecular flexibility index (Phi) is 3.67. The molecule has 1 aromatic heterocycles. The van der Waals surface area contributed by atoms with Gasteiger partial charge < -0.3 is 15.2 Å². The third kappa shape index (κ3) is 2.66. The molecule has 19 heavy (non-hydrogen) atoms. The Labute approximate surface area is 111 Å². The molecule has 100 valence electrons. The molecule has 0 amide bonds. The summed E-state index contributed by atoms with van der Waals surface area (Å²) in [4.78, 5) is 15.4. The molecular weight excluding hydrogens is 246 g/mol. The van der Waals surface area contributed by atoms with Crippen LogP contribution in [0.5, 0.6) is 0 Å². The van der Waals surface area contributed by atoms with Gasteiger partial charge in [0.25, 0.3) is 0 Å². The molecule has 0 bridgehead atoms. The van der Waals surface area contributed by atoms with Crippen LogP contribution >= 0.6 is 0 Å². The minimum Gasteiger partial charge on any atom is -0.481 e. The number of pyridine rings is 1. The second kappa shape index (κ2) is 5.24. The van der Waals surface area contributed by atoms with E-state index < -0.39 is 11.9 Å². The van der Waals surface area contributed by atoms with Crippen molar-refractivity contribution in [2.24, 2.45) is 5.92 Å². The summed E-state index contributed by atoms with van der Waals surface area (Å²) in [5.74, 6) is -1.09. The SMILES string of the molecule is Cc1cc(C)c(C#N)c(NC2COCC2C(=O)O)n1. The van der Waals surface area contributed by atoms with Gasteiger partial charge in [-0.15, -0.1) is 0 Å². The second-order valence-corrected chi connectivity index (χ2v) is 4.65.